The van der Waals surface area contributed by atoms with Gasteiger partial charge in [-0.3, -0.25) is 4.98 Å². The van der Waals surface area contributed by atoms with Gasteiger partial charge >= 0.3 is 0 Å². The van der Waals surface area contributed by atoms with Crippen LogP contribution in [0, 0.1) is 0 Å². The van der Waals surface area contributed by atoms with Crippen molar-refractivity contribution in [1.82, 2.24) is 4.98 Å². The number of aromatic nitrogens is 1. The number of halogens is 2. The van der Waals surface area contributed by atoms with Gasteiger partial charge in [-0.25, -0.2) is 0 Å². The van der Waals surface area contributed by atoms with Gasteiger partial charge in [-0.1, -0.05) is 35.3 Å². The van der Waals surface area contributed by atoms with Gasteiger partial charge in [0.2, 0.25) is 0 Å². The van der Waals surface area contributed by atoms with E-state index in [1.807, 2.05) is 6.07 Å². The van der Waals surface area contributed by atoms with E-state index in [1.165, 1.54) is 6.20 Å². The molecule has 0 bridgehead atoms. The molecule has 0 atom stereocenters. The number of rotatable bonds is 1. The largest absolute Gasteiger partial charge is 0.506 e. The van der Waals surface area contributed by atoms with E-state index in [4.69, 9.17) is 28.3 Å². The van der Waals surface area contributed by atoms with Crippen LogP contribution < -0.4 is 0 Å². The van der Waals surface area contributed by atoms with Crippen LogP contribution in [0.5, 0.6) is 5.75 Å². The summed E-state index contributed by atoms with van der Waals surface area (Å²) in [7, 11) is 0. The predicted octanol–water partition coefficient (Wildman–Crippen LogP) is 3.76. The van der Waals surface area contributed by atoms with Crippen LogP contribution in [0.15, 0.2) is 36.5 Å². The molecule has 0 aliphatic rings. The summed E-state index contributed by atoms with van der Waals surface area (Å²) < 4.78 is 0. The first-order valence-electron chi connectivity index (χ1n) is 4.28. The Bertz CT molecular complexity index is 482. The normalized spacial score (nSPS) is 10.3. The molecule has 1 heterocycles. The maximum atomic E-state index is 9.11. The van der Waals surface area contributed by atoms with Crippen LogP contribution >= 0.6 is 23.2 Å². The van der Waals surface area contributed by atoms with Gasteiger partial charge in [-0.2, -0.15) is 0 Å². The third-order valence-electron chi connectivity index (χ3n) is 1.98. The van der Waals surface area contributed by atoms with Crippen LogP contribution in [-0.2, 0) is 0 Å². The second-order valence-corrected chi connectivity index (χ2v) is 3.79. The predicted molar refractivity (Wildman–Crippen MR) is 61.4 cm³/mol. The fourth-order valence-corrected chi connectivity index (χ4v) is 1.64. The fraction of sp³-hybridized carbons (Fsp3) is 0. The van der Waals surface area contributed by atoms with Crippen molar-refractivity contribution >= 4 is 23.2 Å². The summed E-state index contributed by atoms with van der Waals surface area (Å²) in [5.74, 6) is 0.122. The highest BCUT2D eigenvalue weighted by molar-refractivity contribution is 6.43. The Labute approximate surface area is 97.1 Å². The van der Waals surface area contributed by atoms with E-state index in [-0.39, 0.29) is 5.75 Å². The summed E-state index contributed by atoms with van der Waals surface area (Å²) in [6.45, 7) is 0. The highest BCUT2D eigenvalue weighted by atomic mass is 35.5. The second-order valence-electron chi connectivity index (χ2n) is 3.00. The maximum Gasteiger partial charge on any atom is 0.133 e. The van der Waals surface area contributed by atoms with Crippen LogP contribution in [0.2, 0.25) is 10.0 Å². The lowest BCUT2D eigenvalue weighted by atomic mass is 10.1. The van der Waals surface area contributed by atoms with Gasteiger partial charge in [0.1, 0.15) is 5.75 Å². The molecule has 2 aromatic rings. The highest BCUT2D eigenvalue weighted by Crippen LogP contribution is 2.32. The summed E-state index contributed by atoms with van der Waals surface area (Å²) in [4.78, 5) is 4.06. The molecule has 0 aliphatic carbocycles. The molecule has 1 aromatic heterocycles. The number of hydrogen-bond donors (Lipinski definition) is 1. The average Bonchev–Trinajstić information content (AvgIpc) is 2.24. The smallest absolute Gasteiger partial charge is 0.133 e. The number of nitrogens with zero attached hydrogens (tertiary/aromatic N) is 1. The zero-order valence-electron chi connectivity index (χ0n) is 7.61. The van der Waals surface area contributed by atoms with Crippen molar-refractivity contribution in [3.05, 3.63) is 46.6 Å². The van der Waals surface area contributed by atoms with E-state index in [0.29, 0.717) is 15.7 Å². The fourth-order valence-electron chi connectivity index (χ4n) is 1.25. The summed E-state index contributed by atoms with van der Waals surface area (Å²) >= 11 is 11.9. The lowest BCUT2D eigenvalue weighted by Crippen LogP contribution is -1.84. The molecule has 1 N–H and O–H groups in total. The van der Waals surface area contributed by atoms with Gasteiger partial charge in [0.25, 0.3) is 0 Å². The molecular formula is C11H7Cl2NO. The van der Waals surface area contributed by atoms with Crippen molar-refractivity contribution < 1.29 is 5.11 Å². The Balaban J connectivity index is 2.54. The molecule has 0 saturated carbocycles. The molecule has 1 aromatic carbocycles. The van der Waals surface area contributed by atoms with Gasteiger partial charge in [0, 0.05) is 5.56 Å². The monoisotopic (exact) mass is 239 g/mol. The van der Waals surface area contributed by atoms with E-state index in [2.05, 4.69) is 4.98 Å². The van der Waals surface area contributed by atoms with E-state index >= 15 is 0 Å². The van der Waals surface area contributed by atoms with Crippen LogP contribution in [0.4, 0.5) is 0 Å². The average molecular weight is 240 g/mol. The number of hydrogen-bond acceptors (Lipinski definition) is 2. The molecule has 0 amide bonds. The Morgan fingerprint density at radius 3 is 2.53 bits per heavy atom. The molecule has 0 radical (unpaired) electrons. The van der Waals surface area contributed by atoms with Gasteiger partial charge in [-0.05, 0) is 18.2 Å². The molecule has 2 rings (SSSR count). The summed E-state index contributed by atoms with van der Waals surface area (Å²) in [5.41, 5.74) is 1.43. The van der Waals surface area contributed by atoms with Gasteiger partial charge in [-0.15, -0.1) is 0 Å². The number of aromatic hydroxyl groups is 1. The summed E-state index contributed by atoms with van der Waals surface area (Å²) in [6, 6.07) is 8.59. The maximum absolute atomic E-state index is 9.11. The molecule has 4 heteroatoms. The Morgan fingerprint density at radius 1 is 1.07 bits per heavy atom. The Kier molecular flexibility index (Phi) is 2.80. The summed E-state index contributed by atoms with van der Waals surface area (Å²) in [5, 5.41) is 10.1. The molecule has 0 unspecified atom stereocenters. The van der Waals surface area contributed by atoms with Gasteiger partial charge < -0.3 is 5.11 Å². The molecule has 15 heavy (non-hydrogen) atoms. The second kappa shape index (κ2) is 4.09. The first kappa shape index (κ1) is 10.3. The number of benzene rings is 1. The third-order valence-corrected chi connectivity index (χ3v) is 2.79. The SMILES string of the molecule is Oc1ccc(-c2cccc(Cl)c2Cl)nc1. The molecule has 76 valence electrons. The van der Waals surface area contributed by atoms with Crippen molar-refractivity contribution in [2.45, 2.75) is 0 Å². The topological polar surface area (TPSA) is 33.1 Å². The Hall–Kier alpha value is -1.25. The van der Waals surface area contributed by atoms with Gasteiger partial charge in [0.05, 0.1) is 21.9 Å². The third kappa shape index (κ3) is 2.06. The molecule has 0 saturated heterocycles. The molecular weight excluding hydrogens is 233 g/mol. The minimum Gasteiger partial charge on any atom is -0.506 e. The van der Waals surface area contributed by atoms with Crippen LogP contribution in [0.25, 0.3) is 11.3 Å². The Morgan fingerprint density at radius 2 is 1.87 bits per heavy atom. The van der Waals surface area contributed by atoms with Gasteiger partial charge in [0.15, 0.2) is 0 Å². The number of pyridine rings is 1. The van der Waals surface area contributed by atoms with Crippen LogP contribution in [-0.4, -0.2) is 10.1 Å². The molecule has 0 aliphatic heterocycles. The standard InChI is InChI=1S/C11H7Cl2NO/c12-9-3-1-2-8(11(9)13)10-5-4-7(15)6-14-10/h1-6,15H. The quantitative estimate of drug-likeness (QED) is 0.823. The van der Waals surface area contributed by atoms with Crippen molar-refractivity contribution in [2.75, 3.05) is 0 Å². The van der Waals surface area contributed by atoms with Crippen LogP contribution in [0.1, 0.15) is 0 Å². The lowest BCUT2D eigenvalue weighted by Gasteiger charge is -2.04. The zero-order valence-corrected chi connectivity index (χ0v) is 9.13. The van der Waals surface area contributed by atoms with Crippen molar-refractivity contribution in [2.24, 2.45) is 0 Å². The summed E-state index contributed by atoms with van der Waals surface area (Å²) in [6.07, 6.45) is 1.37. The van der Waals surface area contributed by atoms with Crippen molar-refractivity contribution in [3.8, 4) is 17.0 Å². The van der Waals surface area contributed by atoms with E-state index in [0.717, 1.165) is 5.56 Å². The van der Waals surface area contributed by atoms with Crippen molar-refractivity contribution in [1.29, 1.82) is 0 Å². The minimum absolute atomic E-state index is 0.122. The highest BCUT2D eigenvalue weighted by Gasteiger charge is 2.07. The van der Waals surface area contributed by atoms with Crippen molar-refractivity contribution in [3.63, 3.8) is 0 Å². The van der Waals surface area contributed by atoms with E-state index < -0.39 is 0 Å². The molecule has 2 nitrogen and oxygen atoms in total. The molecule has 0 spiro atoms. The van der Waals surface area contributed by atoms with Crippen LogP contribution in [0.3, 0.4) is 0 Å². The molecule has 0 fully saturated rings. The minimum atomic E-state index is 0.122. The zero-order chi connectivity index (χ0) is 10.8. The lowest BCUT2D eigenvalue weighted by molar-refractivity contribution is 0.473. The van der Waals surface area contributed by atoms with E-state index in [1.54, 1.807) is 24.3 Å². The van der Waals surface area contributed by atoms with E-state index in [9.17, 15) is 0 Å². The first-order valence-corrected chi connectivity index (χ1v) is 5.03. The first-order chi connectivity index (χ1) is 7.18.